The quantitative estimate of drug-likeness (QED) is 0.425. The Labute approximate surface area is 205 Å². The van der Waals surface area contributed by atoms with Crippen LogP contribution in [0.4, 0.5) is 11.4 Å². The van der Waals surface area contributed by atoms with Crippen LogP contribution in [0.3, 0.4) is 0 Å². The molecule has 0 amide bonds. The fraction of sp³-hybridized carbons (Fsp3) is 0.292. The molecule has 1 aliphatic rings. The zero-order chi connectivity index (χ0) is 24.1. The van der Waals surface area contributed by atoms with Crippen molar-refractivity contribution in [1.29, 1.82) is 0 Å². The van der Waals surface area contributed by atoms with Crippen molar-refractivity contribution in [2.24, 2.45) is 19.1 Å². The van der Waals surface area contributed by atoms with Gasteiger partial charge in [0.1, 0.15) is 0 Å². The summed E-state index contributed by atoms with van der Waals surface area (Å²) >= 11 is 12.4. The molecule has 0 aliphatic carbocycles. The molecule has 1 N–H and O–H groups in total. The van der Waals surface area contributed by atoms with Gasteiger partial charge in [-0.15, -0.1) is 0 Å². The summed E-state index contributed by atoms with van der Waals surface area (Å²) in [4.78, 5) is 32.7. The van der Waals surface area contributed by atoms with Crippen molar-refractivity contribution in [1.82, 2.24) is 18.9 Å². The number of rotatable bonds is 4. The molecule has 0 atom stereocenters. The van der Waals surface area contributed by atoms with Crippen molar-refractivity contribution in [2.45, 2.75) is 19.8 Å². The number of hydrogen-bond acceptors (Lipinski definition) is 4. The third kappa shape index (κ3) is 3.67. The van der Waals surface area contributed by atoms with Crippen LogP contribution in [0, 0.1) is 6.92 Å². The van der Waals surface area contributed by atoms with Crippen molar-refractivity contribution < 1.29 is 0 Å². The molecule has 10 heteroatoms. The van der Waals surface area contributed by atoms with Crippen molar-refractivity contribution in [3.8, 4) is 5.69 Å². The summed E-state index contributed by atoms with van der Waals surface area (Å²) in [6.07, 6.45) is 3.79. The van der Waals surface area contributed by atoms with E-state index in [4.69, 9.17) is 28.2 Å². The predicted octanol–water partition coefficient (Wildman–Crippen LogP) is 4.32. The lowest BCUT2D eigenvalue weighted by molar-refractivity contribution is 0.795. The molecule has 1 fully saturated rings. The second-order valence-corrected chi connectivity index (χ2v) is 9.41. The summed E-state index contributed by atoms with van der Waals surface area (Å²) in [6, 6.07) is 8.89. The number of hydrogen-bond donors (Lipinski definition) is 1. The number of nitrogens with one attached hydrogen (secondary N) is 1. The SMILES string of the molecule is Cc1[nH]n(-c2cc(Cl)ccc2Cl)c(=O)c1C=Nc1cc2c(cc1N1CCCC1)n(C)c(=O)n2C. The van der Waals surface area contributed by atoms with E-state index in [0.29, 0.717) is 32.7 Å². The molecule has 4 aromatic rings. The van der Waals surface area contributed by atoms with Crippen LogP contribution in [0.15, 0.2) is 44.9 Å². The van der Waals surface area contributed by atoms with Crippen LogP contribution < -0.4 is 16.1 Å². The minimum atomic E-state index is -0.277. The first-order chi connectivity index (χ1) is 16.3. The van der Waals surface area contributed by atoms with E-state index in [9.17, 15) is 9.59 Å². The number of aliphatic imine (C=N–C) groups is 1. The van der Waals surface area contributed by atoms with E-state index in [1.807, 2.05) is 19.1 Å². The van der Waals surface area contributed by atoms with Crippen molar-refractivity contribution in [3.05, 3.63) is 72.5 Å². The summed E-state index contributed by atoms with van der Waals surface area (Å²) in [5.41, 5.74) is 4.48. The Morgan fingerprint density at radius 1 is 0.971 bits per heavy atom. The van der Waals surface area contributed by atoms with Crippen LogP contribution in [0.2, 0.25) is 10.0 Å². The molecule has 2 aromatic carbocycles. The van der Waals surface area contributed by atoms with Gasteiger partial charge in [0.15, 0.2) is 0 Å². The largest absolute Gasteiger partial charge is 0.370 e. The Morgan fingerprint density at radius 2 is 1.65 bits per heavy atom. The molecule has 2 aromatic heterocycles. The number of anilines is 1. The topological polar surface area (TPSA) is 80.3 Å². The lowest BCUT2D eigenvalue weighted by Gasteiger charge is -2.20. The van der Waals surface area contributed by atoms with Crippen LogP contribution in [-0.2, 0) is 14.1 Å². The minimum absolute atomic E-state index is 0.0914. The molecule has 0 spiro atoms. The number of H-pyrrole nitrogens is 1. The standard InChI is InChI=1S/C24H24Cl2N6O2/c1-14-16(23(33)32(28-14)19-10-15(25)6-7-17(19)26)13-27-18-11-21-22(30(3)24(34)29(21)2)12-20(18)31-8-4-5-9-31/h6-7,10-13,28H,4-5,8-9H2,1-3H3. The first kappa shape index (κ1) is 22.6. The third-order valence-electron chi connectivity index (χ3n) is 6.41. The van der Waals surface area contributed by atoms with Crippen LogP contribution in [0.5, 0.6) is 0 Å². The summed E-state index contributed by atoms with van der Waals surface area (Å²) < 4.78 is 4.63. The number of imidazole rings is 1. The van der Waals surface area contributed by atoms with Gasteiger partial charge in [-0.2, -0.15) is 0 Å². The zero-order valence-electron chi connectivity index (χ0n) is 19.1. The van der Waals surface area contributed by atoms with Gasteiger partial charge in [-0.3, -0.25) is 24.0 Å². The molecule has 176 valence electrons. The van der Waals surface area contributed by atoms with Crippen LogP contribution in [0.25, 0.3) is 16.7 Å². The molecule has 8 nitrogen and oxygen atoms in total. The average Bonchev–Trinajstić information content (AvgIpc) is 3.50. The number of fused-ring (bicyclic) bond motifs is 1. The van der Waals surface area contributed by atoms with Gasteiger partial charge in [0.05, 0.1) is 38.7 Å². The lowest BCUT2D eigenvalue weighted by atomic mass is 10.2. The highest BCUT2D eigenvalue weighted by Crippen LogP contribution is 2.35. The van der Waals surface area contributed by atoms with Gasteiger partial charge in [0, 0.05) is 44.1 Å². The Kier molecular flexibility index (Phi) is 5.65. The minimum Gasteiger partial charge on any atom is -0.370 e. The molecular weight excluding hydrogens is 475 g/mol. The van der Waals surface area contributed by atoms with Gasteiger partial charge in [0.25, 0.3) is 5.56 Å². The summed E-state index contributed by atoms with van der Waals surface area (Å²) in [6.45, 7) is 3.67. The predicted molar refractivity (Wildman–Crippen MR) is 138 cm³/mol. The molecule has 34 heavy (non-hydrogen) atoms. The van der Waals surface area contributed by atoms with E-state index < -0.39 is 0 Å². The fourth-order valence-electron chi connectivity index (χ4n) is 4.51. The van der Waals surface area contributed by atoms with Gasteiger partial charge < -0.3 is 4.90 Å². The molecule has 5 rings (SSSR count). The van der Waals surface area contributed by atoms with Gasteiger partial charge in [0.2, 0.25) is 0 Å². The lowest BCUT2D eigenvalue weighted by Crippen LogP contribution is -2.19. The zero-order valence-corrected chi connectivity index (χ0v) is 20.6. The monoisotopic (exact) mass is 498 g/mol. The van der Waals surface area contributed by atoms with Crippen molar-refractivity contribution >= 4 is 51.8 Å². The van der Waals surface area contributed by atoms with E-state index in [1.54, 1.807) is 47.6 Å². The maximum Gasteiger partial charge on any atom is 0.328 e. The third-order valence-corrected chi connectivity index (χ3v) is 6.97. The first-order valence-electron chi connectivity index (χ1n) is 11.0. The number of benzene rings is 2. The van der Waals surface area contributed by atoms with Crippen LogP contribution in [-0.4, -0.2) is 38.2 Å². The van der Waals surface area contributed by atoms with E-state index >= 15 is 0 Å². The summed E-state index contributed by atoms with van der Waals surface area (Å²) in [5.74, 6) is 0. The Morgan fingerprint density at radius 3 is 2.35 bits per heavy atom. The number of aromatic amines is 1. The molecule has 0 saturated carbocycles. The summed E-state index contributed by atoms with van der Waals surface area (Å²) in [7, 11) is 3.52. The highest BCUT2D eigenvalue weighted by Gasteiger charge is 2.20. The highest BCUT2D eigenvalue weighted by molar-refractivity contribution is 6.34. The van der Waals surface area contributed by atoms with Gasteiger partial charge in [-0.25, -0.2) is 9.48 Å². The van der Waals surface area contributed by atoms with Gasteiger partial charge in [-0.1, -0.05) is 23.2 Å². The van der Waals surface area contributed by atoms with E-state index in [0.717, 1.165) is 42.7 Å². The Bertz CT molecular complexity index is 1570. The molecule has 0 radical (unpaired) electrons. The maximum atomic E-state index is 13.2. The van der Waals surface area contributed by atoms with Crippen molar-refractivity contribution in [2.75, 3.05) is 18.0 Å². The second kappa shape index (κ2) is 8.52. The first-order valence-corrected chi connectivity index (χ1v) is 11.8. The molecule has 0 unspecified atom stereocenters. The number of halogens is 2. The van der Waals surface area contributed by atoms with Gasteiger partial charge >= 0.3 is 5.69 Å². The van der Waals surface area contributed by atoms with E-state index in [2.05, 4.69) is 10.00 Å². The second-order valence-electron chi connectivity index (χ2n) is 8.57. The number of aromatic nitrogens is 4. The maximum absolute atomic E-state index is 13.2. The molecule has 3 heterocycles. The fourth-order valence-corrected chi connectivity index (χ4v) is 4.88. The van der Waals surface area contributed by atoms with E-state index in [-0.39, 0.29) is 11.2 Å². The smallest absolute Gasteiger partial charge is 0.328 e. The normalized spacial score (nSPS) is 14.2. The average molecular weight is 499 g/mol. The number of aryl methyl sites for hydroxylation is 3. The molecular formula is C24H24Cl2N6O2. The number of nitrogens with zero attached hydrogens (tertiary/aromatic N) is 5. The van der Waals surface area contributed by atoms with Crippen LogP contribution >= 0.6 is 23.2 Å². The van der Waals surface area contributed by atoms with Crippen LogP contribution in [0.1, 0.15) is 24.1 Å². The van der Waals surface area contributed by atoms with E-state index in [1.165, 1.54) is 4.68 Å². The van der Waals surface area contributed by atoms with Crippen molar-refractivity contribution in [3.63, 3.8) is 0 Å². The Balaban J connectivity index is 1.63. The van der Waals surface area contributed by atoms with Gasteiger partial charge in [-0.05, 0) is 50.1 Å². The Hall–Kier alpha value is -3.23. The molecule has 0 bridgehead atoms. The molecule has 1 saturated heterocycles. The molecule has 1 aliphatic heterocycles. The highest BCUT2D eigenvalue weighted by atomic mass is 35.5. The summed E-state index contributed by atoms with van der Waals surface area (Å²) in [5, 5.41) is 3.95.